The smallest absolute Gasteiger partial charge is 0.246 e. The fraction of sp³-hybridized carbons (Fsp3) is 0.250. The van der Waals surface area contributed by atoms with E-state index in [0.29, 0.717) is 0 Å². The van der Waals surface area contributed by atoms with Gasteiger partial charge in [0.15, 0.2) is 0 Å². The zero-order chi connectivity index (χ0) is 14.0. The number of amides is 1. The van der Waals surface area contributed by atoms with E-state index in [1.54, 1.807) is 0 Å². The van der Waals surface area contributed by atoms with Crippen molar-refractivity contribution in [3.63, 3.8) is 0 Å². The van der Waals surface area contributed by atoms with E-state index in [2.05, 4.69) is 31.3 Å². The largest absolute Gasteiger partial charge is 0.367 e. The lowest BCUT2D eigenvalue weighted by atomic mass is 10.1. The highest BCUT2D eigenvalue weighted by Gasteiger charge is 2.07. The van der Waals surface area contributed by atoms with Gasteiger partial charge in [0, 0.05) is 10.2 Å². The minimum absolute atomic E-state index is 0.0817. The van der Waals surface area contributed by atoms with E-state index in [1.165, 1.54) is 11.0 Å². The van der Waals surface area contributed by atoms with Crippen LogP contribution in [0.25, 0.3) is 0 Å². The molecule has 0 aliphatic carbocycles. The fourth-order valence-electron chi connectivity index (χ4n) is 1.75. The van der Waals surface area contributed by atoms with Crippen LogP contribution in [0, 0.1) is 13.8 Å². The van der Waals surface area contributed by atoms with Gasteiger partial charge in [-0.3, -0.25) is 4.79 Å². The number of anilines is 2. The molecule has 0 saturated heterocycles. The molecule has 0 atom stereocenters. The Balaban J connectivity index is 2.07. The van der Waals surface area contributed by atoms with Gasteiger partial charge in [0.25, 0.3) is 0 Å². The molecule has 2 rings (SSSR count). The summed E-state index contributed by atoms with van der Waals surface area (Å²) in [6.07, 6.45) is 1.42. The molecule has 1 aromatic carbocycles. The number of rotatable bonds is 3. The van der Waals surface area contributed by atoms with Gasteiger partial charge in [-0.1, -0.05) is 15.9 Å². The summed E-state index contributed by atoms with van der Waals surface area (Å²) >= 11 is 3.49. The summed E-state index contributed by atoms with van der Waals surface area (Å²) in [4.78, 5) is 15.6. The van der Waals surface area contributed by atoms with Gasteiger partial charge in [0.2, 0.25) is 11.9 Å². The van der Waals surface area contributed by atoms with Crippen LogP contribution >= 0.6 is 15.9 Å². The van der Waals surface area contributed by atoms with Crippen molar-refractivity contribution in [2.45, 2.75) is 20.4 Å². The molecule has 3 N–H and O–H groups in total. The van der Waals surface area contributed by atoms with Crippen LogP contribution in [0.15, 0.2) is 22.9 Å². The van der Waals surface area contributed by atoms with Crippen molar-refractivity contribution in [3.8, 4) is 0 Å². The Morgan fingerprint density at radius 2 is 2.05 bits per heavy atom. The highest BCUT2D eigenvalue weighted by molar-refractivity contribution is 9.10. The minimum Gasteiger partial charge on any atom is -0.367 e. The number of carbonyl (C=O) groups is 1. The van der Waals surface area contributed by atoms with Crippen molar-refractivity contribution >= 4 is 33.5 Å². The molecule has 2 aromatic rings. The average molecular weight is 324 g/mol. The van der Waals surface area contributed by atoms with Crippen LogP contribution in [-0.4, -0.2) is 20.7 Å². The molecule has 0 spiro atoms. The van der Waals surface area contributed by atoms with Crippen LogP contribution in [0.1, 0.15) is 11.1 Å². The summed E-state index contributed by atoms with van der Waals surface area (Å²) in [5.74, 6) is -0.0193. The first-order chi connectivity index (χ1) is 8.95. The molecule has 0 aliphatic rings. The van der Waals surface area contributed by atoms with Gasteiger partial charge in [-0.05, 0) is 37.1 Å². The van der Waals surface area contributed by atoms with E-state index >= 15 is 0 Å². The van der Waals surface area contributed by atoms with Gasteiger partial charge in [0.05, 0.1) is 0 Å². The second-order valence-electron chi connectivity index (χ2n) is 4.27. The maximum atomic E-state index is 11.8. The quantitative estimate of drug-likeness (QED) is 0.903. The molecule has 100 valence electrons. The van der Waals surface area contributed by atoms with Gasteiger partial charge in [-0.15, -0.1) is 5.10 Å². The van der Waals surface area contributed by atoms with E-state index in [9.17, 15) is 4.79 Å². The van der Waals surface area contributed by atoms with Crippen molar-refractivity contribution in [2.24, 2.45) is 0 Å². The number of nitrogens with one attached hydrogen (secondary N) is 1. The van der Waals surface area contributed by atoms with Gasteiger partial charge >= 0.3 is 0 Å². The van der Waals surface area contributed by atoms with Crippen molar-refractivity contribution in [1.29, 1.82) is 0 Å². The molecule has 6 nitrogen and oxygen atoms in total. The molecular formula is C12H14BrN5O. The number of benzene rings is 1. The monoisotopic (exact) mass is 323 g/mol. The first-order valence-electron chi connectivity index (χ1n) is 5.67. The SMILES string of the molecule is Cc1cc(NC(=O)Cn2cnc(N)n2)cc(C)c1Br. The summed E-state index contributed by atoms with van der Waals surface area (Å²) < 4.78 is 2.44. The molecule has 0 saturated carbocycles. The lowest BCUT2D eigenvalue weighted by Gasteiger charge is -2.09. The van der Waals surface area contributed by atoms with Gasteiger partial charge in [0.1, 0.15) is 12.9 Å². The van der Waals surface area contributed by atoms with Crippen LogP contribution in [0.4, 0.5) is 11.6 Å². The minimum atomic E-state index is -0.175. The second kappa shape index (κ2) is 5.40. The maximum Gasteiger partial charge on any atom is 0.246 e. The predicted molar refractivity (Wildman–Crippen MR) is 76.7 cm³/mol. The number of nitrogen functional groups attached to an aromatic ring is 1. The number of nitrogens with zero attached hydrogens (tertiary/aromatic N) is 3. The van der Waals surface area contributed by atoms with Gasteiger partial charge in [-0.25, -0.2) is 9.67 Å². The number of hydrogen-bond acceptors (Lipinski definition) is 4. The van der Waals surface area contributed by atoms with Crippen LogP contribution in [0.5, 0.6) is 0 Å². The first-order valence-corrected chi connectivity index (χ1v) is 6.46. The highest BCUT2D eigenvalue weighted by atomic mass is 79.9. The summed E-state index contributed by atoms with van der Waals surface area (Å²) in [5, 5.41) is 6.68. The summed E-state index contributed by atoms with van der Waals surface area (Å²) in [7, 11) is 0. The van der Waals surface area contributed by atoms with Crippen LogP contribution in [0.3, 0.4) is 0 Å². The predicted octanol–water partition coefficient (Wildman–Crippen LogP) is 1.88. The Hall–Kier alpha value is -1.89. The summed E-state index contributed by atoms with van der Waals surface area (Å²) in [6.45, 7) is 4.04. The summed E-state index contributed by atoms with van der Waals surface area (Å²) in [6, 6.07) is 3.81. The fourth-order valence-corrected chi connectivity index (χ4v) is 1.98. The van der Waals surface area contributed by atoms with E-state index in [1.807, 2.05) is 26.0 Å². The van der Waals surface area contributed by atoms with Crippen molar-refractivity contribution < 1.29 is 4.79 Å². The second-order valence-corrected chi connectivity index (χ2v) is 5.07. The number of carbonyl (C=O) groups excluding carboxylic acids is 1. The number of halogens is 1. The van der Waals surface area contributed by atoms with Crippen LogP contribution < -0.4 is 11.1 Å². The molecular weight excluding hydrogens is 310 g/mol. The number of aryl methyl sites for hydroxylation is 2. The highest BCUT2D eigenvalue weighted by Crippen LogP contribution is 2.24. The standard InChI is InChI=1S/C12H14BrN5O/c1-7-3-9(4-8(2)11(7)13)16-10(19)5-18-6-15-12(14)17-18/h3-4,6H,5H2,1-2H3,(H2,14,17)(H,16,19). The third-order valence-corrected chi connectivity index (χ3v) is 3.83. The topological polar surface area (TPSA) is 85.8 Å². The Bertz CT molecular complexity index is 599. The molecule has 1 aromatic heterocycles. The number of nitrogens with two attached hydrogens (primary N) is 1. The van der Waals surface area contributed by atoms with E-state index in [-0.39, 0.29) is 18.4 Å². The molecule has 1 amide bonds. The lowest BCUT2D eigenvalue weighted by Crippen LogP contribution is -2.19. The molecule has 0 aliphatic heterocycles. The number of aromatic nitrogens is 3. The summed E-state index contributed by atoms with van der Waals surface area (Å²) in [5.41, 5.74) is 8.28. The average Bonchev–Trinajstić information content (AvgIpc) is 2.71. The van der Waals surface area contributed by atoms with E-state index in [0.717, 1.165) is 21.3 Å². The molecule has 0 fully saturated rings. The Morgan fingerprint density at radius 1 is 1.42 bits per heavy atom. The molecule has 0 bridgehead atoms. The Morgan fingerprint density at radius 3 is 2.58 bits per heavy atom. The molecule has 0 unspecified atom stereocenters. The zero-order valence-corrected chi connectivity index (χ0v) is 12.2. The molecule has 1 heterocycles. The molecule has 7 heteroatoms. The van der Waals surface area contributed by atoms with Gasteiger partial charge in [-0.2, -0.15) is 0 Å². The maximum absolute atomic E-state index is 11.8. The van der Waals surface area contributed by atoms with Crippen LogP contribution in [-0.2, 0) is 11.3 Å². The van der Waals surface area contributed by atoms with E-state index in [4.69, 9.17) is 5.73 Å². The van der Waals surface area contributed by atoms with E-state index < -0.39 is 0 Å². The normalized spacial score (nSPS) is 10.5. The third-order valence-electron chi connectivity index (χ3n) is 2.58. The lowest BCUT2D eigenvalue weighted by molar-refractivity contribution is -0.116. The zero-order valence-electron chi connectivity index (χ0n) is 10.6. The third kappa shape index (κ3) is 3.31. The van der Waals surface area contributed by atoms with Crippen LogP contribution in [0.2, 0.25) is 0 Å². The van der Waals surface area contributed by atoms with Gasteiger partial charge < -0.3 is 11.1 Å². The first kappa shape index (κ1) is 13.5. The Kier molecular flexibility index (Phi) is 3.84. The molecule has 0 radical (unpaired) electrons. The van der Waals surface area contributed by atoms with Crippen molar-refractivity contribution in [1.82, 2.24) is 14.8 Å². The van der Waals surface area contributed by atoms with Crippen molar-refractivity contribution in [2.75, 3.05) is 11.1 Å². The Labute approximate surface area is 119 Å². The number of hydrogen-bond donors (Lipinski definition) is 2. The van der Waals surface area contributed by atoms with Crippen molar-refractivity contribution in [3.05, 3.63) is 34.1 Å². The molecule has 19 heavy (non-hydrogen) atoms.